The Kier molecular flexibility index (Phi) is 3.25. The topological polar surface area (TPSA) is 38.9 Å². The third kappa shape index (κ3) is 2.19. The lowest BCUT2D eigenvalue weighted by Crippen LogP contribution is -2.40. The molecule has 2 nitrogen and oxygen atoms in total. The summed E-state index contributed by atoms with van der Waals surface area (Å²) in [6.07, 6.45) is 5.68. The quantitative estimate of drug-likeness (QED) is 0.672. The minimum absolute atomic E-state index is 0.196. The Morgan fingerprint density at radius 2 is 2.29 bits per heavy atom. The third-order valence-corrected chi connectivity index (χ3v) is 6.89. The molecule has 2 unspecified atom stereocenters. The molecule has 1 fully saturated rings. The van der Waals surface area contributed by atoms with Gasteiger partial charge < -0.3 is 5.73 Å². The van der Waals surface area contributed by atoms with Crippen molar-refractivity contribution in [2.24, 2.45) is 11.7 Å². The number of thiazole rings is 1. The zero-order chi connectivity index (χ0) is 14.6. The van der Waals surface area contributed by atoms with E-state index in [0.717, 1.165) is 24.3 Å². The van der Waals surface area contributed by atoms with Crippen molar-refractivity contribution < 1.29 is 0 Å². The maximum absolute atomic E-state index is 6.72. The fourth-order valence-corrected chi connectivity index (χ4v) is 5.54. The maximum Gasteiger partial charge on any atom is 0.113 e. The summed E-state index contributed by atoms with van der Waals surface area (Å²) in [4.78, 5) is 6.36. The molecule has 0 saturated heterocycles. The number of benzene rings is 1. The predicted molar refractivity (Wildman–Crippen MR) is 91.6 cm³/mol. The number of halogens is 1. The first-order valence-corrected chi connectivity index (χ1v) is 9.24. The molecule has 2 aliphatic rings. The molecule has 2 aliphatic carbocycles. The Morgan fingerprint density at radius 3 is 3.10 bits per heavy atom. The van der Waals surface area contributed by atoms with Gasteiger partial charge in [-0.2, -0.15) is 0 Å². The van der Waals surface area contributed by atoms with Crippen molar-refractivity contribution in [2.75, 3.05) is 0 Å². The van der Waals surface area contributed by atoms with Gasteiger partial charge in [-0.1, -0.05) is 47.8 Å². The fourth-order valence-electron chi connectivity index (χ4n) is 3.80. The Morgan fingerprint density at radius 1 is 1.43 bits per heavy atom. The number of rotatable bonds is 1. The van der Waals surface area contributed by atoms with Crippen molar-refractivity contribution in [1.82, 2.24) is 4.98 Å². The normalized spacial score (nSPS) is 27.5. The minimum atomic E-state index is -0.196. The Hall–Kier alpha value is -0.710. The lowest BCUT2D eigenvalue weighted by Gasteiger charge is -2.35. The molecule has 2 atom stereocenters. The number of fused-ring (bicyclic) bond motifs is 3. The molecule has 4 heteroatoms. The Labute approximate surface area is 137 Å². The van der Waals surface area contributed by atoms with Crippen LogP contribution in [0.2, 0.25) is 0 Å². The number of nitrogens with zero attached hydrogens (tertiary/aromatic N) is 1. The molecular weight excluding hydrogens is 344 g/mol. The molecule has 0 bridgehead atoms. The molecule has 1 aromatic heterocycles. The summed E-state index contributed by atoms with van der Waals surface area (Å²) in [5, 5.41) is 1.16. The highest BCUT2D eigenvalue weighted by Gasteiger charge is 2.37. The first-order chi connectivity index (χ1) is 10.1. The van der Waals surface area contributed by atoms with Crippen LogP contribution < -0.4 is 5.73 Å². The molecule has 2 aromatic rings. The van der Waals surface area contributed by atoms with Crippen LogP contribution in [-0.2, 0) is 12.0 Å². The van der Waals surface area contributed by atoms with E-state index in [2.05, 4.69) is 41.1 Å². The van der Waals surface area contributed by atoms with Crippen LogP contribution >= 0.6 is 27.3 Å². The molecule has 21 heavy (non-hydrogen) atoms. The van der Waals surface area contributed by atoms with E-state index in [0.29, 0.717) is 5.92 Å². The van der Waals surface area contributed by atoms with Crippen LogP contribution in [0.1, 0.15) is 48.1 Å². The largest absolute Gasteiger partial charge is 0.319 e. The van der Waals surface area contributed by atoms with E-state index in [-0.39, 0.29) is 5.54 Å². The van der Waals surface area contributed by atoms with E-state index >= 15 is 0 Å². The van der Waals surface area contributed by atoms with E-state index in [1.54, 1.807) is 0 Å². The highest BCUT2D eigenvalue weighted by molar-refractivity contribution is 9.10. The summed E-state index contributed by atoms with van der Waals surface area (Å²) in [7, 11) is 0. The molecule has 4 rings (SSSR count). The van der Waals surface area contributed by atoms with E-state index in [1.807, 2.05) is 11.3 Å². The van der Waals surface area contributed by atoms with Crippen molar-refractivity contribution in [3.05, 3.63) is 38.1 Å². The molecular formula is C17H19BrN2S. The summed E-state index contributed by atoms with van der Waals surface area (Å²) >= 11 is 5.49. The van der Waals surface area contributed by atoms with Gasteiger partial charge in [0.1, 0.15) is 5.01 Å². The summed E-state index contributed by atoms with van der Waals surface area (Å²) < 4.78 is 1.19. The number of hydrogen-bond acceptors (Lipinski definition) is 3. The maximum atomic E-state index is 6.72. The number of nitrogens with two attached hydrogens (primary N) is 1. The molecule has 1 saturated carbocycles. The second-order valence-electron chi connectivity index (χ2n) is 6.59. The second-order valence-corrected chi connectivity index (χ2v) is 8.53. The van der Waals surface area contributed by atoms with Crippen LogP contribution in [0.15, 0.2) is 22.7 Å². The van der Waals surface area contributed by atoms with Crippen molar-refractivity contribution in [3.63, 3.8) is 0 Å². The van der Waals surface area contributed by atoms with Gasteiger partial charge in [-0.25, -0.2) is 4.98 Å². The molecule has 0 radical (unpaired) electrons. The van der Waals surface area contributed by atoms with Gasteiger partial charge in [0, 0.05) is 21.3 Å². The smallest absolute Gasteiger partial charge is 0.113 e. The van der Waals surface area contributed by atoms with Gasteiger partial charge >= 0.3 is 0 Å². The van der Waals surface area contributed by atoms with Gasteiger partial charge in [-0.15, -0.1) is 11.3 Å². The van der Waals surface area contributed by atoms with Gasteiger partial charge in [0.05, 0.1) is 11.2 Å². The predicted octanol–water partition coefficient (Wildman–Crippen LogP) is 4.84. The number of aromatic nitrogens is 1. The lowest BCUT2D eigenvalue weighted by molar-refractivity contribution is 0.238. The van der Waals surface area contributed by atoms with Crippen molar-refractivity contribution in [3.8, 4) is 11.3 Å². The van der Waals surface area contributed by atoms with Crippen molar-refractivity contribution >= 4 is 27.3 Å². The van der Waals surface area contributed by atoms with Crippen LogP contribution in [0.4, 0.5) is 0 Å². The van der Waals surface area contributed by atoms with E-state index in [4.69, 9.17) is 10.7 Å². The molecule has 0 amide bonds. The van der Waals surface area contributed by atoms with Crippen LogP contribution in [0.25, 0.3) is 11.3 Å². The number of hydrogen-bond donors (Lipinski definition) is 1. The molecule has 2 N–H and O–H groups in total. The zero-order valence-corrected chi connectivity index (χ0v) is 14.6. The summed E-state index contributed by atoms with van der Waals surface area (Å²) in [5.74, 6) is 0.712. The van der Waals surface area contributed by atoms with E-state index in [1.165, 1.54) is 39.0 Å². The molecule has 1 heterocycles. The van der Waals surface area contributed by atoms with Crippen molar-refractivity contribution in [1.29, 1.82) is 0 Å². The summed E-state index contributed by atoms with van der Waals surface area (Å²) in [6, 6.07) is 6.39. The summed E-state index contributed by atoms with van der Waals surface area (Å²) in [6.45, 7) is 2.31. The van der Waals surface area contributed by atoms with E-state index < -0.39 is 0 Å². The van der Waals surface area contributed by atoms with Gasteiger partial charge in [0.2, 0.25) is 0 Å². The third-order valence-electron chi connectivity index (χ3n) is 4.87. The average Bonchev–Trinajstić information content (AvgIpc) is 2.98. The molecule has 0 aliphatic heterocycles. The van der Waals surface area contributed by atoms with Crippen LogP contribution in [0, 0.1) is 5.92 Å². The molecule has 110 valence electrons. The standard InChI is InChI=1S/C17H19BrN2S/c1-10-4-3-7-17(19,9-10)16-20-15-11-5-2-6-13(18)12(11)8-14(15)21-16/h2,5-6,10H,3-4,7-9,19H2,1H3. The zero-order valence-electron chi connectivity index (χ0n) is 12.2. The van der Waals surface area contributed by atoms with E-state index in [9.17, 15) is 0 Å². The first kappa shape index (κ1) is 13.9. The minimum Gasteiger partial charge on any atom is -0.319 e. The Bertz CT molecular complexity index is 709. The first-order valence-electron chi connectivity index (χ1n) is 7.64. The van der Waals surface area contributed by atoms with Crippen LogP contribution in [0.5, 0.6) is 0 Å². The van der Waals surface area contributed by atoms with Crippen LogP contribution in [-0.4, -0.2) is 4.98 Å². The van der Waals surface area contributed by atoms with Gasteiger partial charge in [-0.05, 0) is 30.4 Å². The highest BCUT2D eigenvalue weighted by atomic mass is 79.9. The van der Waals surface area contributed by atoms with Gasteiger partial charge in [0.15, 0.2) is 0 Å². The second kappa shape index (κ2) is 4.90. The van der Waals surface area contributed by atoms with Crippen LogP contribution in [0.3, 0.4) is 0 Å². The highest BCUT2D eigenvalue weighted by Crippen LogP contribution is 2.46. The Balaban J connectivity index is 1.75. The molecule has 0 spiro atoms. The SMILES string of the molecule is CC1CCCC(N)(c2nc3c(s2)Cc2c(Br)cccc2-3)C1. The average molecular weight is 363 g/mol. The lowest BCUT2D eigenvalue weighted by atomic mass is 9.77. The summed E-state index contributed by atoms with van der Waals surface area (Å²) in [5.41, 5.74) is 10.4. The fraction of sp³-hybridized carbons (Fsp3) is 0.471. The molecule has 1 aromatic carbocycles. The van der Waals surface area contributed by atoms with Gasteiger partial charge in [-0.3, -0.25) is 0 Å². The van der Waals surface area contributed by atoms with Crippen molar-refractivity contribution in [2.45, 2.75) is 44.6 Å². The monoisotopic (exact) mass is 362 g/mol. The van der Waals surface area contributed by atoms with Gasteiger partial charge in [0.25, 0.3) is 0 Å².